The van der Waals surface area contributed by atoms with Gasteiger partial charge in [-0.1, -0.05) is 0 Å². The summed E-state index contributed by atoms with van der Waals surface area (Å²) in [6, 6.07) is 6.77. The zero-order chi connectivity index (χ0) is 20.4. The highest BCUT2D eigenvalue weighted by Crippen LogP contribution is 2.31. The third-order valence-electron chi connectivity index (χ3n) is 4.56. The molecule has 0 aromatic carbocycles. The highest BCUT2D eigenvalue weighted by atomic mass is 32.1. The van der Waals surface area contributed by atoms with Crippen molar-refractivity contribution in [1.29, 1.82) is 0 Å². The molecule has 3 N–H and O–H groups in total. The number of rotatable bonds is 6. The molecular weight excluding hydrogens is 397 g/mol. The fourth-order valence-corrected chi connectivity index (χ4v) is 4.05. The van der Waals surface area contributed by atoms with Crippen LogP contribution < -0.4 is 10.2 Å². The van der Waals surface area contributed by atoms with Crippen LogP contribution in [0.2, 0.25) is 0 Å². The van der Waals surface area contributed by atoms with Crippen molar-refractivity contribution in [2.75, 3.05) is 23.3 Å². The molecule has 3 aromatic rings. The Morgan fingerprint density at radius 1 is 1.34 bits per heavy atom. The van der Waals surface area contributed by atoms with Crippen molar-refractivity contribution in [3.05, 3.63) is 53.2 Å². The molecule has 1 fully saturated rings. The molecule has 8 nitrogen and oxygen atoms in total. The van der Waals surface area contributed by atoms with E-state index in [9.17, 15) is 19.4 Å². The zero-order valence-electron chi connectivity index (χ0n) is 15.2. The van der Waals surface area contributed by atoms with Gasteiger partial charge in [-0.15, -0.1) is 11.3 Å². The lowest BCUT2D eigenvalue weighted by Crippen LogP contribution is -2.22. The number of nitrogens with zero attached hydrogens (tertiary/aromatic N) is 4. The van der Waals surface area contributed by atoms with Gasteiger partial charge < -0.3 is 20.4 Å². The largest absolute Gasteiger partial charge is 0.477 e. The lowest BCUT2D eigenvalue weighted by Gasteiger charge is -2.16. The second-order valence-electron chi connectivity index (χ2n) is 6.59. The topological polar surface area (TPSA) is 111 Å². The maximum absolute atomic E-state index is 14.7. The Bertz CT molecular complexity index is 1030. The molecule has 4 heterocycles. The van der Waals surface area contributed by atoms with Gasteiger partial charge in [0.25, 0.3) is 0 Å². The number of thiazole rings is 1. The Morgan fingerprint density at radius 3 is 2.86 bits per heavy atom. The fraction of sp³-hybridized carbons (Fsp3) is 0.263. The number of carboxylic acid groups (broad SMARTS) is 1. The highest BCUT2D eigenvalue weighted by Gasteiger charge is 2.24. The van der Waals surface area contributed by atoms with Gasteiger partial charge in [0, 0.05) is 25.5 Å². The predicted molar refractivity (Wildman–Crippen MR) is 107 cm³/mol. The molecule has 1 atom stereocenters. The SMILES string of the molecule is O=C(O)c1sc(-c2ccc(N3CC[C@H](O)C3)nc2F)nc1CNc1cccnc1. The van der Waals surface area contributed by atoms with Crippen LogP contribution in [0.25, 0.3) is 10.6 Å². The quantitative estimate of drug-likeness (QED) is 0.527. The zero-order valence-corrected chi connectivity index (χ0v) is 16.1. The Morgan fingerprint density at radius 2 is 2.21 bits per heavy atom. The van der Waals surface area contributed by atoms with Crippen molar-refractivity contribution in [3.8, 4) is 10.6 Å². The molecule has 29 heavy (non-hydrogen) atoms. The van der Waals surface area contributed by atoms with Gasteiger partial charge in [0.15, 0.2) is 0 Å². The molecule has 0 radical (unpaired) electrons. The molecule has 1 aliphatic heterocycles. The standard InChI is InChI=1S/C19H18FN5O3S/c20-17-13(3-4-15(24-17)25-7-5-12(26)10-25)18-23-14(16(29-18)19(27)28)9-22-11-2-1-6-21-8-11/h1-4,6,8,12,22,26H,5,7,9-10H2,(H,27,28)/t12-/m0/s1. The van der Waals surface area contributed by atoms with E-state index in [2.05, 4.69) is 20.3 Å². The molecule has 0 aliphatic carbocycles. The number of carbonyl (C=O) groups is 1. The summed E-state index contributed by atoms with van der Waals surface area (Å²) >= 11 is 0.909. The molecule has 0 spiro atoms. The molecule has 3 aromatic heterocycles. The van der Waals surface area contributed by atoms with E-state index < -0.39 is 18.0 Å². The summed E-state index contributed by atoms with van der Waals surface area (Å²) in [5.74, 6) is -1.40. The second kappa shape index (κ2) is 8.10. The summed E-state index contributed by atoms with van der Waals surface area (Å²) in [5.41, 5.74) is 1.18. The average molecular weight is 415 g/mol. The first-order valence-electron chi connectivity index (χ1n) is 8.98. The minimum atomic E-state index is -1.12. The smallest absolute Gasteiger partial charge is 0.347 e. The number of aliphatic hydroxyl groups excluding tert-OH is 1. The number of aromatic nitrogens is 3. The maximum Gasteiger partial charge on any atom is 0.347 e. The van der Waals surface area contributed by atoms with Gasteiger partial charge in [0.2, 0.25) is 5.95 Å². The van der Waals surface area contributed by atoms with E-state index in [0.29, 0.717) is 31.0 Å². The monoisotopic (exact) mass is 415 g/mol. The normalized spacial score (nSPS) is 16.2. The molecule has 0 bridgehead atoms. The Balaban J connectivity index is 1.59. The van der Waals surface area contributed by atoms with E-state index in [0.717, 1.165) is 17.0 Å². The summed E-state index contributed by atoms with van der Waals surface area (Å²) in [4.78, 5) is 25.8. The molecule has 150 valence electrons. The van der Waals surface area contributed by atoms with Crippen LogP contribution in [-0.2, 0) is 6.54 Å². The molecule has 1 aliphatic rings. The molecular formula is C19H18FN5O3S. The van der Waals surface area contributed by atoms with Gasteiger partial charge in [0.1, 0.15) is 15.7 Å². The first-order chi connectivity index (χ1) is 14.0. The molecule has 0 saturated carbocycles. The van der Waals surface area contributed by atoms with Crippen molar-refractivity contribution >= 4 is 28.8 Å². The first-order valence-corrected chi connectivity index (χ1v) is 9.79. The van der Waals surface area contributed by atoms with Crippen LogP contribution in [0.1, 0.15) is 21.8 Å². The third kappa shape index (κ3) is 4.17. The molecule has 0 amide bonds. The van der Waals surface area contributed by atoms with Gasteiger partial charge >= 0.3 is 5.97 Å². The summed E-state index contributed by atoms with van der Waals surface area (Å²) in [7, 11) is 0. The van der Waals surface area contributed by atoms with E-state index in [1.165, 1.54) is 0 Å². The minimum Gasteiger partial charge on any atom is -0.477 e. The lowest BCUT2D eigenvalue weighted by molar-refractivity contribution is 0.0701. The number of anilines is 2. The van der Waals surface area contributed by atoms with E-state index in [-0.39, 0.29) is 22.0 Å². The Hall–Kier alpha value is -3.11. The first kappa shape index (κ1) is 19.2. The average Bonchev–Trinajstić information content (AvgIpc) is 3.33. The minimum absolute atomic E-state index is 0.0440. The van der Waals surface area contributed by atoms with Gasteiger partial charge in [-0.25, -0.2) is 14.8 Å². The number of hydrogen-bond donors (Lipinski definition) is 3. The van der Waals surface area contributed by atoms with Crippen molar-refractivity contribution < 1.29 is 19.4 Å². The van der Waals surface area contributed by atoms with Crippen molar-refractivity contribution in [1.82, 2.24) is 15.0 Å². The van der Waals surface area contributed by atoms with E-state index >= 15 is 0 Å². The summed E-state index contributed by atoms with van der Waals surface area (Å²) < 4.78 is 14.7. The van der Waals surface area contributed by atoms with Crippen molar-refractivity contribution in [2.45, 2.75) is 19.1 Å². The van der Waals surface area contributed by atoms with Crippen LogP contribution in [-0.4, -0.2) is 50.3 Å². The number of aliphatic hydroxyl groups is 1. The van der Waals surface area contributed by atoms with Crippen molar-refractivity contribution in [3.63, 3.8) is 0 Å². The van der Waals surface area contributed by atoms with Crippen LogP contribution >= 0.6 is 11.3 Å². The van der Waals surface area contributed by atoms with Gasteiger partial charge in [0.05, 0.1) is 29.6 Å². The number of halogens is 1. The van der Waals surface area contributed by atoms with Crippen LogP contribution in [0.4, 0.5) is 15.9 Å². The molecule has 1 saturated heterocycles. The van der Waals surface area contributed by atoms with Gasteiger partial charge in [-0.3, -0.25) is 4.98 Å². The number of pyridine rings is 2. The van der Waals surface area contributed by atoms with Crippen LogP contribution in [0, 0.1) is 5.95 Å². The third-order valence-corrected chi connectivity index (χ3v) is 5.68. The fourth-order valence-electron chi connectivity index (χ4n) is 3.12. The summed E-state index contributed by atoms with van der Waals surface area (Å²) in [6.45, 7) is 1.19. The second-order valence-corrected chi connectivity index (χ2v) is 7.59. The number of nitrogens with one attached hydrogen (secondary N) is 1. The van der Waals surface area contributed by atoms with E-state index in [4.69, 9.17) is 0 Å². The van der Waals surface area contributed by atoms with Crippen LogP contribution in [0.3, 0.4) is 0 Å². The Labute approximate surface area is 169 Å². The van der Waals surface area contributed by atoms with Crippen molar-refractivity contribution in [2.24, 2.45) is 0 Å². The number of aromatic carboxylic acids is 1. The van der Waals surface area contributed by atoms with Crippen LogP contribution in [0.5, 0.6) is 0 Å². The highest BCUT2D eigenvalue weighted by molar-refractivity contribution is 7.17. The number of β-amino-alcohol motifs (C(OH)–C–C–N with tert-alkyl or cyclic N) is 1. The lowest BCUT2D eigenvalue weighted by atomic mass is 10.2. The van der Waals surface area contributed by atoms with Gasteiger partial charge in [-0.2, -0.15) is 4.39 Å². The Kier molecular flexibility index (Phi) is 5.36. The number of carboxylic acids is 1. The van der Waals surface area contributed by atoms with Gasteiger partial charge in [-0.05, 0) is 30.7 Å². The van der Waals surface area contributed by atoms with Crippen LogP contribution in [0.15, 0.2) is 36.7 Å². The summed E-state index contributed by atoms with van der Waals surface area (Å²) in [6.07, 6.45) is 3.43. The number of hydrogen-bond acceptors (Lipinski definition) is 8. The van der Waals surface area contributed by atoms with E-state index in [1.54, 1.807) is 36.7 Å². The molecule has 0 unspecified atom stereocenters. The molecule has 4 rings (SSSR count). The van der Waals surface area contributed by atoms with E-state index in [1.807, 2.05) is 4.90 Å². The summed E-state index contributed by atoms with van der Waals surface area (Å²) in [5, 5.41) is 22.5. The predicted octanol–water partition coefficient (Wildman–Crippen LogP) is 2.62. The maximum atomic E-state index is 14.7. The molecule has 10 heteroatoms.